The Bertz CT molecular complexity index is 1050. The molecule has 0 N–H and O–H groups in total. The van der Waals surface area contributed by atoms with Gasteiger partial charge in [0.05, 0.1) is 39.4 Å². The SMILES string of the molecule is COc1ccc(-c2cn(C)c(=O)c3cc(CN4CCOCC4)oc23)cc1OC. The Kier molecular flexibility index (Phi) is 5.11. The largest absolute Gasteiger partial charge is 0.493 e. The summed E-state index contributed by atoms with van der Waals surface area (Å²) >= 11 is 0. The molecule has 0 aliphatic carbocycles. The molecule has 3 heterocycles. The average molecular weight is 384 g/mol. The van der Waals surface area contributed by atoms with Crippen LogP contribution in [0.1, 0.15) is 5.76 Å². The third kappa shape index (κ3) is 3.39. The van der Waals surface area contributed by atoms with E-state index in [-0.39, 0.29) is 5.56 Å². The first-order chi connectivity index (χ1) is 13.6. The van der Waals surface area contributed by atoms with E-state index in [0.717, 1.165) is 43.2 Å². The molecule has 3 aromatic rings. The van der Waals surface area contributed by atoms with Crippen molar-refractivity contribution >= 4 is 11.0 Å². The number of furan rings is 1. The third-order valence-corrected chi connectivity index (χ3v) is 5.08. The Balaban J connectivity index is 1.80. The summed E-state index contributed by atoms with van der Waals surface area (Å²) in [6.45, 7) is 3.82. The second-order valence-electron chi connectivity index (χ2n) is 6.87. The van der Waals surface area contributed by atoms with E-state index in [1.807, 2.05) is 24.3 Å². The Morgan fingerprint density at radius 1 is 1.07 bits per heavy atom. The van der Waals surface area contributed by atoms with E-state index in [9.17, 15) is 4.79 Å². The Morgan fingerprint density at radius 2 is 1.82 bits per heavy atom. The quantitative estimate of drug-likeness (QED) is 0.674. The molecule has 4 rings (SSSR count). The van der Waals surface area contributed by atoms with Crippen LogP contribution >= 0.6 is 0 Å². The van der Waals surface area contributed by atoms with Gasteiger partial charge in [-0.15, -0.1) is 0 Å². The van der Waals surface area contributed by atoms with E-state index >= 15 is 0 Å². The fourth-order valence-corrected chi connectivity index (χ4v) is 3.57. The van der Waals surface area contributed by atoms with E-state index in [2.05, 4.69) is 4.90 Å². The van der Waals surface area contributed by atoms with Gasteiger partial charge in [-0.25, -0.2) is 0 Å². The third-order valence-electron chi connectivity index (χ3n) is 5.08. The molecule has 1 saturated heterocycles. The number of aromatic nitrogens is 1. The van der Waals surface area contributed by atoms with Gasteiger partial charge in [-0.2, -0.15) is 0 Å². The number of fused-ring (bicyclic) bond motifs is 1. The number of aryl methyl sites for hydroxylation is 1. The first kappa shape index (κ1) is 18.6. The van der Waals surface area contributed by atoms with Crippen LogP contribution in [0.15, 0.2) is 39.7 Å². The van der Waals surface area contributed by atoms with Crippen LogP contribution in [0.3, 0.4) is 0 Å². The predicted molar refractivity (Wildman–Crippen MR) is 106 cm³/mol. The zero-order valence-electron chi connectivity index (χ0n) is 16.4. The number of hydrogen-bond donors (Lipinski definition) is 0. The van der Waals surface area contributed by atoms with E-state index in [0.29, 0.717) is 29.0 Å². The summed E-state index contributed by atoms with van der Waals surface area (Å²) in [6.07, 6.45) is 1.80. The summed E-state index contributed by atoms with van der Waals surface area (Å²) in [5, 5.41) is 0.582. The topological polar surface area (TPSA) is 66.1 Å². The maximum absolute atomic E-state index is 12.7. The van der Waals surface area contributed by atoms with Gasteiger partial charge >= 0.3 is 0 Å². The maximum atomic E-state index is 12.7. The number of methoxy groups -OCH3 is 2. The molecule has 1 aromatic carbocycles. The zero-order valence-corrected chi connectivity index (χ0v) is 16.4. The van der Waals surface area contributed by atoms with Crippen LogP contribution in [-0.4, -0.2) is 50.0 Å². The fraction of sp³-hybridized carbons (Fsp3) is 0.381. The summed E-state index contributed by atoms with van der Waals surface area (Å²) in [7, 11) is 4.96. The highest BCUT2D eigenvalue weighted by atomic mass is 16.5. The van der Waals surface area contributed by atoms with Crippen molar-refractivity contribution in [2.75, 3.05) is 40.5 Å². The van der Waals surface area contributed by atoms with Crippen molar-refractivity contribution in [2.45, 2.75) is 6.54 Å². The highest BCUT2D eigenvalue weighted by molar-refractivity contribution is 5.92. The van der Waals surface area contributed by atoms with Crippen molar-refractivity contribution < 1.29 is 18.6 Å². The standard InChI is InChI=1S/C21H24N2O5/c1-22-13-17(14-4-5-18(25-2)19(10-14)26-3)20-16(21(22)24)11-15(28-20)12-23-6-8-27-9-7-23/h4-5,10-11,13H,6-9,12H2,1-3H3. The summed E-state index contributed by atoms with van der Waals surface area (Å²) in [4.78, 5) is 14.9. The number of nitrogens with zero attached hydrogens (tertiary/aromatic N) is 2. The molecule has 0 bridgehead atoms. The summed E-state index contributed by atoms with van der Waals surface area (Å²) < 4.78 is 23.9. The summed E-state index contributed by atoms with van der Waals surface area (Å²) in [5.41, 5.74) is 2.26. The maximum Gasteiger partial charge on any atom is 0.261 e. The van der Waals surface area contributed by atoms with Crippen LogP contribution < -0.4 is 15.0 Å². The van der Waals surface area contributed by atoms with Crippen molar-refractivity contribution in [1.29, 1.82) is 0 Å². The lowest BCUT2D eigenvalue weighted by molar-refractivity contribution is 0.0315. The molecule has 0 unspecified atom stereocenters. The molecule has 28 heavy (non-hydrogen) atoms. The van der Waals surface area contributed by atoms with Crippen molar-refractivity contribution in [3.05, 3.63) is 46.6 Å². The second kappa shape index (κ2) is 7.69. The summed E-state index contributed by atoms with van der Waals surface area (Å²) in [5.74, 6) is 2.06. The molecule has 7 heteroatoms. The van der Waals surface area contributed by atoms with E-state index in [1.165, 1.54) is 0 Å². The number of rotatable bonds is 5. The van der Waals surface area contributed by atoms with Gasteiger partial charge in [0.25, 0.3) is 5.56 Å². The lowest BCUT2D eigenvalue weighted by Crippen LogP contribution is -2.35. The molecule has 148 valence electrons. The number of hydrogen-bond acceptors (Lipinski definition) is 6. The van der Waals surface area contributed by atoms with Crippen molar-refractivity contribution in [3.8, 4) is 22.6 Å². The zero-order chi connectivity index (χ0) is 19.7. The molecule has 0 atom stereocenters. The lowest BCUT2D eigenvalue weighted by Gasteiger charge is -2.25. The molecule has 0 radical (unpaired) electrons. The fourth-order valence-electron chi connectivity index (χ4n) is 3.57. The van der Waals surface area contributed by atoms with Crippen LogP contribution in [0.25, 0.3) is 22.1 Å². The number of pyridine rings is 1. The van der Waals surface area contributed by atoms with Crippen LogP contribution in [-0.2, 0) is 18.3 Å². The lowest BCUT2D eigenvalue weighted by atomic mass is 10.1. The Hall–Kier alpha value is -2.77. The molecule has 1 fully saturated rings. The van der Waals surface area contributed by atoms with Crippen LogP contribution in [0.5, 0.6) is 11.5 Å². The molecule has 1 aliphatic heterocycles. The molecule has 2 aromatic heterocycles. The van der Waals surface area contributed by atoms with E-state index in [4.69, 9.17) is 18.6 Å². The Morgan fingerprint density at radius 3 is 2.54 bits per heavy atom. The molecule has 7 nitrogen and oxygen atoms in total. The molecule has 1 aliphatic rings. The van der Waals surface area contributed by atoms with Crippen LogP contribution in [0.4, 0.5) is 0 Å². The van der Waals surface area contributed by atoms with Gasteiger partial charge in [0.15, 0.2) is 11.5 Å². The second-order valence-corrected chi connectivity index (χ2v) is 6.87. The van der Waals surface area contributed by atoms with Gasteiger partial charge in [0.2, 0.25) is 0 Å². The Labute approximate surface area is 163 Å². The number of morpholine rings is 1. The highest BCUT2D eigenvalue weighted by Gasteiger charge is 2.19. The van der Waals surface area contributed by atoms with Gasteiger partial charge in [0, 0.05) is 31.9 Å². The van der Waals surface area contributed by atoms with Crippen molar-refractivity contribution in [3.63, 3.8) is 0 Å². The molecular weight excluding hydrogens is 360 g/mol. The van der Waals surface area contributed by atoms with Gasteiger partial charge in [-0.1, -0.05) is 6.07 Å². The normalized spacial score (nSPS) is 15.1. The minimum atomic E-state index is -0.0730. The minimum Gasteiger partial charge on any atom is -0.493 e. The van der Waals surface area contributed by atoms with E-state index < -0.39 is 0 Å². The minimum absolute atomic E-state index is 0.0730. The summed E-state index contributed by atoms with van der Waals surface area (Å²) in [6, 6.07) is 7.53. The monoisotopic (exact) mass is 384 g/mol. The average Bonchev–Trinajstić information content (AvgIpc) is 3.14. The van der Waals surface area contributed by atoms with Crippen molar-refractivity contribution in [1.82, 2.24) is 9.47 Å². The smallest absolute Gasteiger partial charge is 0.261 e. The van der Waals surface area contributed by atoms with Gasteiger partial charge < -0.3 is 23.2 Å². The van der Waals surface area contributed by atoms with Crippen LogP contribution in [0.2, 0.25) is 0 Å². The molecular formula is C21H24N2O5. The van der Waals surface area contributed by atoms with Gasteiger partial charge in [0.1, 0.15) is 11.3 Å². The predicted octanol–water partition coefficient (Wildman–Crippen LogP) is 2.65. The number of benzene rings is 1. The number of ether oxygens (including phenoxy) is 3. The first-order valence-electron chi connectivity index (χ1n) is 9.25. The highest BCUT2D eigenvalue weighted by Crippen LogP contribution is 2.35. The first-order valence-corrected chi connectivity index (χ1v) is 9.25. The van der Waals surface area contributed by atoms with Crippen LogP contribution in [0, 0.1) is 0 Å². The van der Waals surface area contributed by atoms with Gasteiger partial charge in [-0.05, 0) is 23.8 Å². The molecule has 0 saturated carbocycles. The molecule has 0 spiro atoms. The van der Waals surface area contributed by atoms with Gasteiger partial charge in [-0.3, -0.25) is 9.69 Å². The molecule has 0 amide bonds. The van der Waals surface area contributed by atoms with E-state index in [1.54, 1.807) is 32.0 Å². The van der Waals surface area contributed by atoms with Crippen molar-refractivity contribution in [2.24, 2.45) is 7.05 Å².